The highest BCUT2D eigenvalue weighted by molar-refractivity contribution is 5.62. The number of hydrogen-bond acceptors (Lipinski definition) is 4. The van der Waals surface area contributed by atoms with E-state index in [1.54, 1.807) is 9.36 Å². The standard InChI is InChI=1S/C22H20N6/c1-15-18(13-19(14-23)24-22(15)21-9-11-28(3)26-21)12-16-4-6-17(7-5-16)20-8-10-27(2)25-20/h4-11,13H,12H2,1-3H3. The minimum atomic E-state index is 0.409. The summed E-state index contributed by atoms with van der Waals surface area (Å²) in [4.78, 5) is 4.49. The Morgan fingerprint density at radius 2 is 1.57 bits per heavy atom. The Labute approximate surface area is 163 Å². The molecule has 0 saturated carbocycles. The third-order valence-corrected chi connectivity index (χ3v) is 4.81. The molecule has 0 radical (unpaired) electrons. The van der Waals surface area contributed by atoms with Gasteiger partial charge in [-0.1, -0.05) is 24.3 Å². The molecule has 0 atom stereocenters. The zero-order valence-corrected chi connectivity index (χ0v) is 16.1. The highest BCUT2D eigenvalue weighted by Crippen LogP contribution is 2.26. The fourth-order valence-electron chi connectivity index (χ4n) is 3.28. The van der Waals surface area contributed by atoms with Crippen LogP contribution in [0.25, 0.3) is 22.6 Å². The van der Waals surface area contributed by atoms with Crippen molar-refractivity contribution < 1.29 is 0 Å². The summed E-state index contributed by atoms with van der Waals surface area (Å²) >= 11 is 0. The third-order valence-electron chi connectivity index (χ3n) is 4.81. The average Bonchev–Trinajstić information content (AvgIpc) is 3.32. The number of hydrogen-bond donors (Lipinski definition) is 0. The minimum Gasteiger partial charge on any atom is -0.275 e. The van der Waals surface area contributed by atoms with Gasteiger partial charge in [0.25, 0.3) is 0 Å². The number of aryl methyl sites for hydroxylation is 2. The lowest BCUT2D eigenvalue weighted by Crippen LogP contribution is -2.01. The van der Waals surface area contributed by atoms with Crippen molar-refractivity contribution in [2.45, 2.75) is 13.3 Å². The molecule has 0 spiro atoms. The van der Waals surface area contributed by atoms with Crippen molar-refractivity contribution in [2.24, 2.45) is 14.1 Å². The fraction of sp³-hybridized carbons (Fsp3) is 0.182. The van der Waals surface area contributed by atoms with E-state index >= 15 is 0 Å². The Hall–Kier alpha value is -3.72. The van der Waals surface area contributed by atoms with E-state index in [1.807, 2.05) is 51.6 Å². The summed E-state index contributed by atoms with van der Waals surface area (Å²) in [5.41, 5.74) is 7.30. The maximum absolute atomic E-state index is 9.41. The summed E-state index contributed by atoms with van der Waals surface area (Å²) in [5.74, 6) is 0. The van der Waals surface area contributed by atoms with Crippen molar-refractivity contribution in [2.75, 3.05) is 0 Å². The summed E-state index contributed by atoms with van der Waals surface area (Å²) in [7, 11) is 3.78. The topological polar surface area (TPSA) is 72.3 Å². The molecule has 1 aromatic carbocycles. The van der Waals surface area contributed by atoms with Gasteiger partial charge in [0, 0.05) is 32.1 Å². The van der Waals surface area contributed by atoms with E-state index in [0.717, 1.165) is 40.2 Å². The molecule has 4 rings (SSSR count). The number of nitrogens with zero attached hydrogens (tertiary/aromatic N) is 6. The van der Waals surface area contributed by atoms with Gasteiger partial charge in [-0.3, -0.25) is 9.36 Å². The maximum atomic E-state index is 9.41. The van der Waals surface area contributed by atoms with Gasteiger partial charge in [-0.2, -0.15) is 15.5 Å². The van der Waals surface area contributed by atoms with Gasteiger partial charge in [-0.25, -0.2) is 4.98 Å². The Bertz CT molecular complexity index is 1170. The second-order valence-electron chi connectivity index (χ2n) is 6.88. The number of rotatable bonds is 4. The summed E-state index contributed by atoms with van der Waals surface area (Å²) in [6.45, 7) is 2.04. The molecule has 0 fully saturated rings. The molecule has 0 saturated heterocycles. The summed E-state index contributed by atoms with van der Waals surface area (Å²) in [5, 5.41) is 18.3. The molecule has 0 aliphatic rings. The molecule has 0 aliphatic heterocycles. The molecule has 28 heavy (non-hydrogen) atoms. The highest BCUT2D eigenvalue weighted by atomic mass is 15.3. The predicted molar refractivity (Wildman–Crippen MR) is 107 cm³/mol. The molecular weight excluding hydrogens is 348 g/mol. The lowest BCUT2D eigenvalue weighted by Gasteiger charge is -2.11. The maximum Gasteiger partial charge on any atom is 0.141 e. The summed E-state index contributed by atoms with van der Waals surface area (Å²) < 4.78 is 3.54. The van der Waals surface area contributed by atoms with Crippen LogP contribution in [0.2, 0.25) is 0 Å². The van der Waals surface area contributed by atoms with Gasteiger partial charge in [0.05, 0.1) is 11.4 Å². The molecule has 138 valence electrons. The van der Waals surface area contributed by atoms with Crippen LogP contribution in [0, 0.1) is 18.3 Å². The average molecular weight is 368 g/mol. The minimum absolute atomic E-state index is 0.409. The van der Waals surface area contributed by atoms with Crippen molar-refractivity contribution >= 4 is 0 Å². The predicted octanol–water partition coefficient (Wildman–Crippen LogP) is 3.65. The molecule has 0 bridgehead atoms. The SMILES string of the molecule is Cc1c(Cc2ccc(-c3ccn(C)n3)cc2)cc(C#N)nc1-c1ccn(C)n1. The first-order valence-electron chi connectivity index (χ1n) is 9.03. The zero-order chi connectivity index (χ0) is 19.7. The first-order valence-corrected chi connectivity index (χ1v) is 9.03. The monoisotopic (exact) mass is 368 g/mol. The fourth-order valence-corrected chi connectivity index (χ4v) is 3.28. The van der Waals surface area contributed by atoms with Gasteiger partial charge in [0.2, 0.25) is 0 Å². The van der Waals surface area contributed by atoms with E-state index in [-0.39, 0.29) is 0 Å². The van der Waals surface area contributed by atoms with Crippen LogP contribution in [0.1, 0.15) is 22.4 Å². The summed E-state index contributed by atoms with van der Waals surface area (Å²) in [6, 6.07) is 16.3. The quantitative estimate of drug-likeness (QED) is 0.551. The van der Waals surface area contributed by atoms with Crippen LogP contribution in [-0.2, 0) is 20.5 Å². The van der Waals surface area contributed by atoms with E-state index in [4.69, 9.17) is 0 Å². The van der Waals surface area contributed by atoms with E-state index < -0.39 is 0 Å². The van der Waals surface area contributed by atoms with Gasteiger partial charge in [0.1, 0.15) is 17.5 Å². The first-order chi connectivity index (χ1) is 13.5. The molecule has 0 amide bonds. The Kier molecular flexibility index (Phi) is 4.50. The molecule has 4 aromatic rings. The first kappa shape index (κ1) is 17.7. The number of pyridine rings is 1. The molecule has 0 unspecified atom stereocenters. The van der Waals surface area contributed by atoms with Crippen molar-refractivity contribution in [1.82, 2.24) is 24.5 Å². The van der Waals surface area contributed by atoms with E-state index in [9.17, 15) is 5.26 Å². The Morgan fingerprint density at radius 1 is 0.929 bits per heavy atom. The molecule has 3 heterocycles. The lowest BCUT2D eigenvalue weighted by molar-refractivity contribution is 0.769. The van der Waals surface area contributed by atoms with E-state index in [1.165, 1.54) is 5.56 Å². The van der Waals surface area contributed by atoms with Crippen molar-refractivity contribution in [3.05, 3.63) is 77.2 Å². The molecule has 6 heteroatoms. The van der Waals surface area contributed by atoms with E-state index in [0.29, 0.717) is 5.69 Å². The number of nitriles is 1. The Balaban J connectivity index is 1.67. The van der Waals surface area contributed by atoms with Gasteiger partial charge in [-0.15, -0.1) is 0 Å². The smallest absolute Gasteiger partial charge is 0.141 e. The third kappa shape index (κ3) is 3.42. The largest absolute Gasteiger partial charge is 0.275 e. The molecule has 0 aliphatic carbocycles. The molecule has 3 aromatic heterocycles. The van der Waals surface area contributed by atoms with Crippen molar-refractivity contribution in [3.8, 4) is 28.7 Å². The lowest BCUT2D eigenvalue weighted by atomic mass is 9.97. The van der Waals surface area contributed by atoms with Crippen molar-refractivity contribution in [1.29, 1.82) is 5.26 Å². The Morgan fingerprint density at radius 3 is 2.14 bits per heavy atom. The second-order valence-corrected chi connectivity index (χ2v) is 6.88. The zero-order valence-electron chi connectivity index (χ0n) is 16.1. The summed E-state index contributed by atoms with van der Waals surface area (Å²) in [6.07, 6.45) is 4.54. The van der Waals surface area contributed by atoms with Gasteiger partial charge < -0.3 is 0 Å². The van der Waals surface area contributed by atoms with Gasteiger partial charge in [-0.05, 0) is 48.2 Å². The van der Waals surface area contributed by atoms with Crippen LogP contribution in [0.15, 0.2) is 54.9 Å². The van der Waals surface area contributed by atoms with Crippen LogP contribution in [0.4, 0.5) is 0 Å². The highest BCUT2D eigenvalue weighted by Gasteiger charge is 2.14. The van der Waals surface area contributed by atoms with Crippen molar-refractivity contribution in [3.63, 3.8) is 0 Å². The number of aromatic nitrogens is 5. The van der Waals surface area contributed by atoms with Crippen LogP contribution in [-0.4, -0.2) is 24.5 Å². The molecule has 0 N–H and O–H groups in total. The van der Waals surface area contributed by atoms with Crippen LogP contribution in [0.3, 0.4) is 0 Å². The van der Waals surface area contributed by atoms with E-state index in [2.05, 4.69) is 45.5 Å². The van der Waals surface area contributed by atoms with Gasteiger partial charge >= 0.3 is 0 Å². The second kappa shape index (κ2) is 7.12. The number of benzene rings is 1. The normalized spacial score (nSPS) is 10.8. The molecular formula is C22H20N6. The van der Waals surface area contributed by atoms with Crippen LogP contribution < -0.4 is 0 Å². The van der Waals surface area contributed by atoms with Crippen LogP contribution >= 0.6 is 0 Å². The van der Waals surface area contributed by atoms with Gasteiger partial charge in [0.15, 0.2) is 0 Å². The van der Waals surface area contributed by atoms with Crippen LogP contribution in [0.5, 0.6) is 0 Å². The molecule has 6 nitrogen and oxygen atoms in total.